The van der Waals surface area contributed by atoms with Crippen LogP contribution in [0.1, 0.15) is 66.5 Å². The van der Waals surface area contributed by atoms with Crippen LogP contribution in [0.25, 0.3) is 38.3 Å². The van der Waals surface area contributed by atoms with Crippen molar-refractivity contribution in [3.05, 3.63) is 125 Å². The first kappa shape index (κ1) is 41.9. The summed E-state index contributed by atoms with van der Waals surface area (Å²) in [6.07, 6.45) is 4.85. The number of amides is 1. The van der Waals surface area contributed by atoms with E-state index in [1.165, 1.54) is 23.1 Å². The molecule has 2 unspecified atom stereocenters. The lowest BCUT2D eigenvalue weighted by atomic mass is 9.80. The van der Waals surface area contributed by atoms with Gasteiger partial charge >= 0.3 is 5.97 Å². The molecule has 57 heavy (non-hydrogen) atoms. The van der Waals surface area contributed by atoms with Gasteiger partial charge in [0.15, 0.2) is 0 Å². The first-order chi connectivity index (χ1) is 26.9. The number of benzene rings is 4. The predicted octanol–water partition coefficient (Wildman–Crippen LogP) is 9.51. The van der Waals surface area contributed by atoms with Gasteiger partial charge in [-0.3, -0.25) is 4.79 Å². The Morgan fingerprint density at radius 1 is 0.947 bits per heavy atom. The SMILES string of the molecule is C=C(SCCNC(=O)c1ccc(-c2c3ccc(=[N+](C)C)cc-3oc3cc(N(C)C)ccc23)c(C(=O)O)c1)c1ccc(C[S+]2CC(C)(C)C=CC(C)C(C)(C)C2)cc1. The number of carboxylic acids is 1. The van der Waals surface area contributed by atoms with Crippen LogP contribution in [-0.2, 0) is 16.6 Å². The molecule has 2 heterocycles. The molecule has 3 aromatic carbocycles. The van der Waals surface area contributed by atoms with Crippen LogP contribution in [0, 0.1) is 16.7 Å². The lowest BCUT2D eigenvalue weighted by Crippen LogP contribution is -2.37. The van der Waals surface area contributed by atoms with Gasteiger partial charge in [-0.25, -0.2) is 9.37 Å². The van der Waals surface area contributed by atoms with E-state index >= 15 is 0 Å². The van der Waals surface area contributed by atoms with E-state index in [1.54, 1.807) is 23.9 Å². The summed E-state index contributed by atoms with van der Waals surface area (Å²) in [4.78, 5) is 29.2. The molecule has 0 aromatic heterocycles. The maximum absolute atomic E-state index is 13.4. The zero-order valence-corrected chi connectivity index (χ0v) is 36.5. The van der Waals surface area contributed by atoms with Crippen LogP contribution in [0.15, 0.2) is 102 Å². The summed E-state index contributed by atoms with van der Waals surface area (Å²) in [6.45, 7) is 16.6. The minimum Gasteiger partial charge on any atom is -0.478 e. The van der Waals surface area contributed by atoms with E-state index in [1.807, 2.05) is 74.1 Å². The number of fused-ring (bicyclic) bond motifs is 2. The number of carbonyl (C=O) groups is 2. The molecule has 3 aromatic rings. The van der Waals surface area contributed by atoms with Crippen LogP contribution in [0.5, 0.6) is 0 Å². The van der Waals surface area contributed by atoms with Crippen molar-refractivity contribution >= 4 is 56.1 Å². The van der Waals surface area contributed by atoms with Crippen LogP contribution in [0.3, 0.4) is 0 Å². The zero-order chi connectivity index (χ0) is 41.2. The van der Waals surface area contributed by atoms with Gasteiger partial charge in [-0.15, -0.1) is 11.8 Å². The van der Waals surface area contributed by atoms with Gasteiger partial charge in [-0.1, -0.05) is 83.7 Å². The fourth-order valence-electron chi connectivity index (χ4n) is 7.39. The smallest absolute Gasteiger partial charge is 0.336 e. The molecule has 0 bridgehead atoms. The van der Waals surface area contributed by atoms with E-state index in [2.05, 4.69) is 82.9 Å². The number of hydrogen-bond acceptors (Lipinski definition) is 5. The second-order valence-corrected chi connectivity index (χ2v) is 20.4. The molecular formula is C48H57N3O4S2+2. The van der Waals surface area contributed by atoms with Crippen molar-refractivity contribution in [1.82, 2.24) is 9.89 Å². The van der Waals surface area contributed by atoms with Gasteiger partial charge in [0.05, 0.1) is 11.6 Å². The van der Waals surface area contributed by atoms with Crippen LogP contribution >= 0.6 is 11.8 Å². The van der Waals surface area contributed by atoms with Gasteiger partial charge < -0.3 is 19.7 Å². The summed E-state index contributed by atoms with van der Waals surface area (Å²) in [7, 11) is 8.14. The Labute approximate surface area is 345 Å². The second kappa shape index (κ2) is 17.0. The number of aromatic carboxylic acids is 1. The van der Waals surface area contributed by atoms with Gasteiger partial charge in [0, 0.05) is 87.6 Å². The number of allylic oxidation sites excluding steroid dienone is 2. The van der Waals surface area contributed by atoms with Crippen molar-refractivity contribution in [2.75, 3.05) is 56.9 Å². The van der Waals surface area contributed by atoms with Crippen molar-refractivity contribution in [3.63, 3.8) is 0 Å². The highest BCUT2D eigenvalue weighted by atomic mass is 32.2. The van der Waals surface area contributed by atoms with Gasteiger partial charge in [0.1, 0.15) is 42.7 Å². The lowest BCUT2D eigenvalue weighted by molar-refractivity contribution is 0.0697. The number of nitrogens with zero attached hydrogens (tertiary/aromatic N) is 2. The molecule has 7 nitrogen and oxygen atoms in total. The molecule has 0 radical (unpaired) electrons. The van der Waals surface area contributed by atoms with Gasteiger partial charge in [0.2, 0.25) is 5.36 Å². The van der Waals surface area contributed by atoms with Gasteiger partial charge in [-0.05, 0) is 58.3 Å². The van der Waals surface area contributed by atoms with Crippen LogP contribution in [0.4, 0.5) is 5.69 Å². The van der Waals surface area contributed by atoms with Crippen LogP contribution in [-0.4, -0.2) is 69.0 Å². The van der Waals surface area contributed by atoms with Crippen molar-refractivity contribution in [3.8, 4) is 22.5 Å². The second-order valence-electron chi connectivity index (χ2n) is 17.1. The Kier molecular flexibility index (Phi) is 12.5. The summed E-state index contributed by atoms with van der Waals surface area (Å²) in [5.41, 5.74) is 6.90. The fraction of sp³-hybridized carbons (Fsp3) is 0.354. The quantitative estimate of drug-likeness (QED) is 0.0455. The molecule has 9 heteroatoms. The highest BCUT2D eigenvalue weighted by Gasteiger charge is 2.39. The number of nitrogens with one attached hydrogen (secondary N) is 1. The molecule has 0 fully saturated rings. The summed E-state index contributed by atoms with van der Waals surface area (Å²) in [6, 6.07) is 25.6. The number of anilines is 1. The minimum absolute atomic E-state index is 0.0462. The Bertz CT molecular complexity index is 2390. The van der Waals surface area contributed by atoms with E-state index in [9.17, 15) is 14.7 Å². The topological polar surface area (TPSA) is 85.8 Å². The third-order valence-corrected chi connectivity index (χ3v) is 15.1. The maximum Gasteiger partial charge on any atom is 0.336 e. The zero-order valence-electron chi connectivity index (χ0n) is 34.9. The molecule has 3 aliphatic rings. The maximum atomic E-state index is 13.4. The predicted molar refractivity (Wildman–Crippen MR) is 244 cm³/mol. The molecular weight excluding hydrogens is 747 g/mol. The number of carboxylic acid groups (broad SMARTS) is 1. The summed E-state index contributed by atoms with van der Waals surface area (Å²) >= 11 is 1.60. The Morgan fingerprint density at radius 3 is 2.33 bits per heavy atom. The molecule has 1 amide bonds. The standard InChI is InChI=1S/C48H55N3O4S2/c1-31-21-22-47(3,4)29-57(30-48(31,5)6)28-33-11-13-34(14-12-33)32(2)56-24-23-49-45(52)35-15-18-38(41(25-35)46(53)54)44-39-19-16-36(50(7)8)26-42(39)55-43-27-37(51(9)10)17-20-40(43)44/h11-22,25-27,31H,2,23-24,28-30H2,1,3-10H3/p+2. The van der Waals surface area contributed by atoms with E-state index < -0.39 is 5.97 Å². The van der Waals surface area contributed by atoms with E-state index in [0.717, 1.165) is 43.8 Å². The Morgan fingerprint density at radius 2 is 1.65 bits per heavy atom. The minimum atomic E-state index is -1.11. The Balaban J connectivity index is 1.13. The molecule has 0 saturated carbocycles. The molecule has 0 saturated heterocycles. The molecule has 2 aliphatic heterocycles. The average molecular weight is 804 g/mol. The molecule has 2 atom stereocenters. The average Bonchev–Trinajstić information content (AvgIpc) is 3.16. The first-order valence-electron chi connectivity index (χ1n) is 19.5. The van der Waals surface area contributed by atoms with E-state index in [-0.39, 0.29) is 38.8 Å². The van der Waals surface area contributed by atoms with Crippen molar-refractivity contribution in [2.24, 2.45) is 16.7 Å². The number of carbonyl (C=O) groups excluding carboxylic acids is 1. The third kappa shape index (κ3) is 9.70. The monoisotopic (exact) mass is 803 g/mol. The van der Waals surface area contributed by atoms with Crippen molar-refractivity contribution in [2.45, 2.75) is 40.4 Å². The largest absolute Gasteiger partial charge is 0.478 e. The molecule has 2 N–H and O–H groups in total. The summed E-state index contributed by atoms with van der Waals surface area (Å²) < 4.78 is 8.43. The number of thioether (sulfide) groups is 1. The molecule has 0 spiro atoms. The highest BCUT2D eigenvalue weighted by molar-refractivity contribution is 8.08. The van der Waals surface area contributed by atoms with Crippen molar-refractivity contribution < 1.29 is 19.1 Å². The lowest BCUT2D eigenvalue weighted by Gasteiger charge is -2.34. The number of hydrogen-bond donors (Lipinski definition) is 2. The summed E-state index contributed by atoms with van der Waals surface area (Å²) in [5, 5.41) is 15.2. The Hall–Kier alpha value is -4.73. The highest BCUT2D eigenvalue weighted by Crippen LogP contribution is 2.42. The van der Waals surface area contributed by atoms with E-state index in [0.29, 0.717) is 35.1 Å². The number of rotatable bonds is 11. The van der Waals surface area contributed by atoms with E-state index in [4.69, 9.17) is 4.42 Å². The van der Waals surface area contributed by atoms with Crippen molar-refractivity contribution in [1.29, 1.82) is 0 Å². The first-order valence-corrected chi connectivity index (χ1v) is 22.2. The molecule has 6 rings (SSSR count). The van der Waals surface area contributed by atoms with Crippen LogP contribution in [0.2, 0.25) is 0 Å². The van der Waals surface area contributed by atoms with Gasteiger partial charge in [-0.2, -0.15) is 0 Å². The summed E-state index contributed by atoms with van der Waals surface area (Å²) in [5.74, 6) is 3.90. The normalized spacial score (nSPS) is 17.5. The van der Waals surface area contributed by atoms with Crippen LogP contribution < -0.4 is 20.1 Å². The third-order valence-electron chi connectivity index (χ3n) is 11.0. The molecule has 298 valence electrons. The van der Waals surface area contributed by atoms with Gasteiger partial charge in [0.25, 0.3) is 5.91 Å². The molecule has 1 aliphatic carbocycles. The fourth-order valence-corrected chi connectivity index (χ4v) is 11.6.